The van der Waals surface area contributed by atoms with Crippen molar-refractivity contribution in [2.75, 3.05) is 0 Å². The molecule has 3 aromatic carbocycles. The Kier molecular flexibility index (Phi) is 8.14. The van der Waals surface area contributed by atoms with E-state index in [1.165, 1.54) is 6.07 Å². The number of fused-ring (bicyclic) bond motifs is 1. The summed E-state index contributed by atoms with van der Waals surface area (Å²) < 4.78 is 31.8. The Balaban J connectivity index is 1.62. The Bertz CT molecular complexity index is 1550. The molecule has 4 rings (SSSR count). The number of ether oxygens (including phenoxy) is 3. The lowest BCUT2D eigenvalue weighted by Crippen LogP contribution is -2.12. The quantitative estimate of drug-likeness (QED) is 0.169. The fourth-order valence-electron chi connectivity index (χ4n) is 4.28. The van der Waals surface area contributed by atoms with E-state index in [4.69, 9.17) is 14.2 Å². The van der Waals surface area contributed by atoms with Gasteiger partial charge in [-0.25, -0.2) is 18.8 Å². The Morgan fingerprint density at radius 3 is 1.75 bits per heavy atom. The van der Waals surface area contributed by atoms with Gasteiger partial charge in [-0.05, 0) is 67.3 Å². The van der Waals surface area contributed by atoms with Crippen LogP contribution in [0.15, 0.2) is 97.1 Å². The maximum absolute atomic E-state index is 15.4. The molecule has 2 unspecified atom stereocenters. The first-order valence-corrected chi connectivity index (χ1v) is 12.6. The van der Waals surface area contributed by atoms with E-state index in [0.29, 0.717) is 33.6 Å². The minimum atomic E-state index is -0.693. The SMILES string of the molecule is C=C(C)C(=O)Oc1ccc(-c2ccc(-c3ccc4c(c3)C(OC(=O)C(=C)C)CC4OC(=O)C(=C)C)c(F)c2)cc1. The number of rotatable bonds is 8. The second kappa shape index (κ2) is 11.5. The van der Waals surface area contributed by atoms with E-state index in [1.54, 1.807) is 75.4 Å². The molecule has 2 atom stereocenters. The first-order valence-electron chi connectivity index (χ1n) is 12.6. The highest BCUT2D eigenvalue weighted by Crippen LogP contribution is 2.45. The van der Waals surface area contributed by atoms with E-state index in [2.05, 4.69) is 19.7 Å². The van der Waals surface area contributed by atoms with Crippen molar-refractivity contribution < 1.29 is 33.0 Å². The topological polar surface area (TPSA) is 78.9 Å². The molecule has 0 spiro atoms. The van der Waals surface area contributed by atoms with Gasteiger partial charge < -0.3 is 14.2 Å². The molecule has 3 aromatic rings. The molecule has 7 heteroatoms. The van der Waals surface area contributed by atoms with Crippen LogP contribution in [0, 0.1) is 5.82 Å². The van der Waals surface area contributed by atoms with E-state index in [-0.39, 0.29) is 23.1 Å². The van der Waals surface area contributed by atoms with E-state index in [0.717, 1.165) is 5.56 Å². The van der Waals surface area contributed by atoms with Gasteiger partial charge in [0.1, 0.15) is 23.8 Å². The van der Waals surface area contributed by atoms with Gasteiger partial charge in [0, 0.05) is 34.3 Å². The number of benzene rings is 3. The van der Waals surface area contributed by atoms with Crippen molar-refractivity contribution >= 4 is 17.9 Å². The van der Waals surface area contributed by atoms with Crippen LogP contribution in [-0.4, -0.2) is 17.9 Å². The molecular weight excluding hydrogens is 511 g/mol. The monoisotopic (exact) mass is 540 g/mol. The number of hydrogen-bond acceptors (Lipinski definition) is 6. The molecule has 0 N–H and O–H groups in total. The van der Waals surface area contributed by atoms with Crippen molar-refractivity contribution in [2.45, 2.75) is 39.4 Å². The van der Waals surface area contributed by atoms with Crippen molar-refractivity contribution in [3.63, 3.8) is 0 Å². The van der Waals surface area contributed by atoms with Crippen LogP contribution in [0.2, 0.25) is 0 Å². The van der Waals surface area contributed by atoms with E-state index >= 15 is 4.39 Å². The Labute approximate surface area is 232 Å². The number of carbonyl (C=O) groups is 3. The minimum Gasteiger partial charge on any atom is -0.454 e. The van der Waals surface area contributed by atoms with E-state index < -0.39 is 35.9 Å². The summed E-state index contributed by atoms with van der Waals surface area (Å²) in [7, 11) is 0. The smallest absolute Gasteiger partial charge is 0.338 e. The predicted molar refractivity (Wildman–Crippen MR) is 150 cm³/mol. The molecule has 0 heterocycles. The average Bonchev–Trinajstić information content (AvgIpc) is 3.24. The van der Waals surface area contributed by atoms with Gasteiger partial charge in [0.05, 0.1) is 0 Å². The van der Waals surface area contributed by atoms with Crippen LogP contribution in [0.1, 0.15) is 50.5 Å². The highest BCUT2D eigenvalue weighted by molar-refractivity contribution is 5.89. The van der Waals surface area contributed by atoms with Crippen LogP contribution >= 0.6 is 0 Å². The van der Waals surface area contributed by atoms with Crippen molar-refractivity contribution in [3.05, 3.63) is 114 Å². The number of hydrogen-bond donors (Lipinski definition) is 0. The standard InChI is InChI=1S/C33H29FO6/c1-18(2)31(35)38-24-11-7-21(8-12-24)22-9-13-25(28(34)16-22)23-10-14-26-27(15-23)30(40-33(37)20(5)6)17-29(26)39-32(36)19(3)4/h7-16,29-30H,1,3,5,17H2,2,4,6H3. The molecule has 0 aromatic heterocycles. The molecule has 0 saturated heterocycles. The summed E-state index contributed by atoms with van der Waals surface area (Å²) in [5.74, 6) is -1.72. The van der Waals surface area contributed by atoms with Crippen LogP contribution in [0.5, 0.6) is 5.75 Å². The van der Waals surface area contributed by atoms with Gasteiger partial charge >= 0.3 is 17.9 Å². The van der Waals surface area contributed by atoms with Crippen LogP contribution in [0.25, 0.3) is 22.3 Å². The minimum absolute atomic E-state index is 0.232. The molecule has 204 valence electrons. The Morgan fingerprint density at radius 1 is 0.675 bits per heavy atom. The van der Waals surface area contributed by atoms with Crippen molar-refractivity contribution in [1.82, 2.24) is 0 Å². The highest BCUT2D eigenvalue weighted by atomic mass is 19.1. The van der Waals surface area contributed by atoms with Crippen LogP contribution in [-0.2, 0) is 23.9 Å². The van der Waals surface area contributed by atoms with Gasteiger partial charge in [-0.1, -0.05) is 56.1 Å². The van der Waals surface area contributed by atoms with E-state index in [9.17, 15) is 14.4 Å². The summed E-state index contributed by atoms with van der Waals surface area (Å²) in [4.78, 5) is 36.2. The lowest BCUT2D eigenvalue weighted by Gasteiger charge is -2.14. The molecule has 1 aliphatic rings. The molecule has 1 aliphatic carbocycles. The first kappa shape index (κ1) is 28.2. The zero-order chi connectivity index (χ0) is 29.1. The maximum atomic E-state index is 15.4. The largest absolute Gasteiger partial charge is 0.454 e. The zero-order valence-corrected chi connectivity index (χ0v) is 22.6. The summed E-state index contributed by atoms with van der Waals surface area (Å²) in [5, 5.41) is 0. The lowest BCUT2D eigenvalue weighted by atomic mass is 9.96. The summed E-state index contributed by atoms with van der Waals surface area (Å²) in [5.41, 5.74) is 4.41. The molecule has 0 amide bonds. The van der Waals surface area contributed by atoms with Gasteiger partial charge in [0.25, 0.3) is 0 Å². The summed E-state index contributed by atoms with van der Waals surface area (Å²) in [6, 6.07) is 16.9. The molecule has 40 heavy (non-hydrogen) atoms. The Hall–Kier alpha value is -4.78. The number of halogens is 1. The summed E-state index contributed by atoms with van der Waals surface area (Å²) >= 11 is 0. The van der Waals surface area contributed by atoms with Crippen molar-refractivity contribution in [2.24, 2.45) is 0 Å². The molecule has 0 fully saturated rings. The molecule has 0 saturated carbocycles. The first-order chi connectivity index (χ1) is 18.9. The molecule has 0 radical (unpaired) electrons. The summed E-state index contributed by atoms with van der Waals surface area (Å²) in [6.45, 7) is 15.5. The van der Waals surface area contributed by atoms with Gasteiger partial charge in [0.2, 0.25) is 0 Å². The van der Waals surface area contributed by atoms with Crippen molar-refractivity contribution in [3.8, 4) is 28.0 Å². The summed E-state index contributed by atoms with van der Waals surface area (Å²) in [6.07, 6.45) is -1.10. The van der Waals surface area contributed by atoms with Crippen LogP contribution in [0.3, 0.4) is 0 Å². The Morgan fingerprint density at radius 2 is 1.20 bits per heavy atom. The second-order valence-electron chi connectivity index (χ2n) is 9.82. The van der Waals surface area contributed by atoms with Gasteiger partial charge in [-0.15, -0.1) is 0 Å². The average molecular weight is 541 g/mol. The highest BCUT2D eigenvalue weighted by Gasteiger charge is 2.36. The third-order valence-corrected chi connectivity index (χ3v) is 6.43. The fraction of sp³-hybridized carbons (Fsp3) is 0.182. The molecule has 6 nitrogen and oxygen atoms in total. The van der Waals surface area contributed by atoms with E-state index in [1.807, 2.05) is 0 Å². The van der Waals surface area contributed by atoms with Gasteiger partial charge in [-0.3, -0.25) is 0 Å². The molecule has 0 aliphatic heterocycles. The lowest BCUT2D eigenvalue weighted by molar-refractivity contribution is -0.149. The maximum Gasteiger partial charge on any atom is 0.338 e. The number of esters is 3. The fourth-order valence-corrected chi connectivity index (χ4v) is 4.28. The predicted octanol–water partition coefficient (Wildman–Crippen LogP) is 7.37. The number of carbonyl (C=O) groups excluding carboxylic acids is 3. The molecule has 0 bridgehead atoms. The van der Waals surface area contributed by atoms with Gasteiger partial charge in [-0.2, -0.15) is 0 Å². The van der Waals surface area contributed by atoms with Crippen LogP contribution < -0.4 is 4.74 Å². The van der Waals surface area contributed by atoms with Gasteiger partial charge in [0.15, 0.2) is 0 Å². The zero-order valence-electron chi connectivity index (χ0n) is 22.6. The third-order valence-electron chi connectivity index (χ3n) is 6.43. The third kappa shape index (κ3) is 6.10. The second-order valence-corrected chi connectivity index (χ2v) is 9.82. The molecular formula is C33H29FO6. The van der Waals surface area contributed by atoms with Crippen molar-refractivity contribution in [1.29, 1.82) is 0 Å². The normalized spacial score (nSPS) is 15.5. The van der Waals surface area contributed by atoms with Crippen LogP contribution in [0.4, 0.5) is 4.39 Å².